The lowest BCUT2D eigenvalue weighted by molar-refractivity contribution is -0.137. The molecule has 2 amide bonds. The van der Waals surface area contributed by atoms with Crippen molar-refractivity contribution in [3.63, 3.8) is 0 Å². The fourth-order valence-corrected chi connectivity index (χ4v) is 7.45. The van der Waals surface area contributed by atoms with E-state index in [-0.39, 0.29) is 23.2 Å². The summed E-state index contributed by atoms with van der Waals surface area (Å²) in [6.07, 6.45) is 4.68. The predicted octanol–water partition coefficient (Wildman–Crippen LogP) is 6.01. The summed E-state index contributed by atoms with van der Waals surface area (Å²) in [5, 5.41) is 8.54. The van der Waals surface area contributed by atoms with Crippen molar-refractivity contribution in [1.29, 1.82) is 0 Å². The second-order valence-electron chi connectivity index (χ2n) is 12.6. The lowest BCUT2D eigenvalue weighted by atomic mass is 9.69. The number of ether oxygens (including phenoxy) is 1. The highest BCUT2D eigenvalue weighted by Gasteiger charge is 2.45. The van der Waals surface area contributed by atoms with Crippen LogP contribution in [0.15, 0.2) is 48.8 Å². The van der Waals surface area contributed by atoms with Crippen molar-refractivity contribution in [2.45, 2.75) is 66.2 Å². The van der Waals surface area contributed by atoms with Crippen molar-refractivity contribution in [3.05, 3.63) is 82.2 Å². The first kappa shape index (κ1) is 30.3. The number of thioether (sulfide) groups is 1. The summed E-state index contributed by atoms with van der Waals surface area (Å²) >= 11 is 1.21. The van der Waals surface area contributed by atoms with Crippen molar-refractivity contribution in [2.75, 3.05) is 18.8 Å². The Labute approximate surface area is 263 Å². The van der Waals surface area contributed by atoms with Gasteiger partial charge in [-0.1, -0.05) is 62.0 Å². The molecular formula is C34H40N6O3S. The molecule has 0 radical (unpaired) electrons. The molecule has 9 nitrogen and oxygen atoms in total. The van der Waals surface area contributed by atoms with E-state index in [0.717, 1.165) is 65.1 Å². The van der Waals surface area contributed by atoms with Crippen LogP contribution >= 0.6 is 11.8 Å². The number of imide groups is 1. The van der Waals surface area contributed by atoms with Crippen LogP contribution in [0, 0.1) is 19.3 Å². The largest absolute Gasteiger partial charge is 0.489 e. The Hall–Kier alpha value is -3.76. The number of amides is 2. The number of hydrogen-bond donors (Lipinski definition) is 0. The van der Waals surface area contributed by atoms with Crippen molar-refractivity contribution < 1.29 is 14.3 Å². The highest BCUT2D eigenvalue weighted by molar-refractivity contribution is 8.13. The van der Waals surface area contributed by atoms with E-state index in [4.69, 9.17) is 4.74 Å². The quantitative estimate of drug-likeness (QED) is 0.251. The first-order chi connectivity index (χ1) is 21.1. The van der Waals surface area contributed by atoms with E-state index >= 15 is 0 Å². The molecule has 4 aromatic rings. The molecule has 6 rings (SSSR count). The van der Waals surface area contributed by atoms with Gasteiger partial charge in [0, 0.05) is 62.9 Å². The zero-order valence-electron chi connectivity index (χ0n) is 26.3. The van der Waals surface area contributed by atoms with Crippen molar-refractivity contribution in [1.82, 2.24) is 29.8 Å². The minimum Gasteiger partial charge on any atom is -0.489 e. The molecule has 0 spiro atoms. The summed E-state index contributed by atoms with van der Waals surface area (Å²) in [5.74, 6) is 1.06. The van der Waals surface area contributed by atoms with Crippen LogP contribution < -0.4 is 4.74 Å². The smallest absolute Gasteiger partial charge is 0.288 e. The van der Waals surface area contributed by atoms with Gasteiger partial charge < -0.3 is 4.74 Å². The summed E-state index contributed by atoms with van der Waals surface area (Å²) in [6.45, 7) is 13.0. The summed E-state index contributed by atoms with van der Waals surface area (Å²) in [4.78, 5) is 35.1. The third-order valence-corrected chi connectivity index (χ3v) is 10.1. The Kier molecular flexibility index (Phi) is 8.24. The van der Waals surface area contributed by atoms with E-state index < -0.39 is 5.41 Å². The average molecular weight is 613 g/mol. The third kappa shape index (κ3) is 5.49. The minimum atomic E-state index is -0.915. The van der Waals surface area contributed by atoms with Gasteiger partial charge in [-0.15, -0.1) is 5.10 Å². The molecule has 0 saturated carbocycles. The Morgan fingerprint density at radius 2 is 2.00 bits per heavy atom. The molecule has 2 aliphatic rings. The summed E-state index contributed by atoms with van der Waals surface area (Å²) in [6, 6.07) is 12.6. The molecule has 230 valence electrons. The number of hydrogen-bond acceptors (Lipinski definition) is 8. The molecule has 1 fully saturated rings. The molecule has 2 atom stereocenters. The second kappa shape index (κ2) is 12.0. The zero-order valence-corrected chi connectivity index (χ0v) is 27.1. The van der Waals surface area contributed by atoms with Crippen molar-refractivity contribution in [3.8, 4) is 5.75 Å². The van der Waals surface area contributed by atoms with Crippen LogP contribution in [0.2, 0.25) is 0 Å². The van der Waals surface area contributed by atoms with E-state index in [1.807, 2.05) is 39.2 Å². The van der Waals surface area contributed by atoms with Gasteiger partial charge in [-0.3, -0.25) is 24.4 Å². The molecule has 2 aliphatic heterocycles. The second-order valence-corrected chi connectivity index (χ2v) is 13.6. The van der Waals surface area contributed by atoms with E-state index in [2.05, 4.69) is 65.2 Å². The lowest BCUT2D eigenvalue weighted by Gasteiger charge is -2.37. The SMILES string of the molecule is CC[C@@H]1CN(Cc2cc([C@@H](c3ccc4c(nnn4C)c3C)C(C)(C)C(=O)N3CCSC3=O)ccc2C)Cc2cnccc2O1. The number of benzene rings is 2. The van der Waals surface area contributed by atoms with E-state index in [9.17, 15) is 9.59 Å². The molecule has 0 aliphatic carbocycles. The molecule has 10 heteroatoms. The number of nitrogens with zero attached hydrogens (tertiary/aromatic N) is 6. The van der Waals surface area contributed by atoms with Crippen molar-refractivity contribution >= 4 is 33.9 Å². The molecule has 0 N–H and O–H groups in total. The summed E-state index contributed by atoms with van der Waals surface area (Å²) < 4.78 is 8.10. The molecule has 0 unspecified atom stereocenters. The monoisotopic (exact) mass is 612 g/mol. The van der Waals surface area contributed by atoms with Crippen LogP contribution in [-0.4, -0.2) is 65.9 Å². The number of aryl methyl sites for hydroxylation is 3. The van der Waals surface area contributed by atoms with Crippen LogP contribution in [0.25, 0.3) is 11.0 Å². The zero-order chi connectivity index (χ0) is 31.2. The number of rotatable bonds is 7. The molecular weight excluding hydrogens is 572 g/mol. The normalized spacial score (nSPS) is 18.3. The Morgan fingerprint density at radius 1 is 1.18 bits per heavy atom. The first-order valence-electron chi connectivity index (χ1n) is 15.3. The lowest BCUT2D eigenvalue weighted by Crippen LogP contribution is -2.44. The van der Waals surface area contributed by atoms with E-state index in [1.54, 1.807) is 10.9 Å². The number of pyridine rings is 1. The fourth-order valence-electron chi connectivity index (χ4n) is 6.67. The van der Waals surface area contributed by atoms with Crippen molar-refractivity contribution in [2.24, 2.45) is 12.5 Å². The summed E-state index contributed by atoms with van der Waals surface area (Å²) in [5.41, 5.74) is 7.36. The van der Waals surface area contributed by atoms with Gasteiger partial charge in [-0.25, -0.2) is 4.68 Å². The first-order valence-corrected chi connectivity index (χ1v) is 16.3. The number of fused-ring (bicyclic) bond motifs is 2. The number of carbonyl (C=O) groups excluding carboxylic acids is 2. The fraction of sp³-hybridized carbons (Fsp3) is 0.441. The van der Waals surface area contributed by atoms with E-state index in [0.29, 0.717) is 12.3 Å². The topological polar surface area (TPSA) is 93.5 Å². The van der Waals surface area contributed by atoms with Crippen LogP contribution in [0.1, 0.15) is 66.5 Å². The van der Waals surface area contributed by atoms with Gasteiger partial charge >= 0.3 is 0 Å². The maximum absolute atomic E-state index is 14.2. The molecule has 2 aromatic carbocycles. The predicted molar refractivity (Wildman–Crippen MR) is 173 cm³/mol. The van der Waals surface area contributed by atoms with Crippen LogP contribution in [0.4, 0.5) is 4.79 Å². The Morgan fingerprint density at radius 3 is 2.75 bits per heavy atom. The van der Waals surface area contributed by atoms with Gasteiger partial charge in [-0.05, 0) is 60.2 Å². The molecule has 1 saturated heterocycles. The Bertz CT molecular complexity index is 1730. The van der Waals surface area contributed by atoms with Gasteiger partial charge in [0.1, 0.15) is 17.4 Å². The molecule has 0 bridgehead atoms. The Balaban J connectivity index is 1.43. The molecule has 2 aromatic heterocycles. The van der Waals surface area contributed by atoms with E-state index in [1.165, 1.54) is 27.8 Å². The van der Waals surface area contributed by atoms with Gasteiger partial charge in [0.2, 0.25) is 5.91 Å². The minimum absolute atomic E-state index is 0.0867. The molecule has 44 heavy (non-hydrogen) atoms. The summed E-state index contributed by atoms with van der Waals surface area (Å²) in [7, 11) is 1.88. The standard InChI is InChI=1S/C34H40N6O3S/c1-7-26-20-39(19-25-17-35-13-12-29(25)43-26)18-24-16-23(9-8-21(24)2)30(34(4,5)32(41)40-14-15-44-33(40)42)27-10-11-28-31(22(27)3)36-37-38(28)6/h8-13,16-17,26,30H,7,14-15,18-20H2,1-6H3/t26-,30+/m1/s1. The number of carbonyl (C=O) groups is 2. The highest BCUT2D eigenvalue weighted by atomic mass is 32.2. The highest BCUT2D eigenvalue weighted by Crippen LogP contribution is 2.46. The number of aromatic nitrogens is 4. The van der Waals surface area contributed by atoms with Gasteiger partial charge in [0.25, 0.3) is 5.24 Å². The molecule has 4 heterocycles. The van der Waals surface area contributed by atoms with Crippen LogP contribution in [0.5, 0.6) is 5.75 Å². The van der Waals surface area contributed by atoms with Gasteiger partial charge in [-0.2, -0.15) is 0 Å². The maximum Gasteiger partial charge on any atom is 0.288 e. The van der Waals surface area contributed by atoms with Gasteiger partial charge in [0.05, 0.1) is 10.9 Å². The van der Waals surface area contributed by atoms with Crippen LogP contribution in [0.3, 0.4) is 0 Å². The average Bonchev–Trinajstić information content (AvgIpc) is 3.55. The maximum atomic E-state index is 14.2. The van der Waals surface area contributed by atoms with Gasteiger partial charge in [0.15, 0.2) is 0 Å². The van der Waals surface area contributed by atoms with Crippen LogP contribution in [-0.2, 0) is 24.9 Å². The third-order valence-electron chi connectivity index (χ3n) is 9.23.